The number of β-amino-alcohol motifs (C(OH)–C–C–N with tert-alkyl or cyclic N) is 1. The van der Waals surface area contributed by atoms with Gasteiger partial charge in [0.2, 0.25) is 10.0 Å². The van der Waals surface area contributed by atoms with Crippen LogP contribution in [-0.4, -0.2) is 55.7 Å². The summed E-state index contributed by atoms with van der Waals surface area (Å²) < 4.78 is 33.7. The maximum Gasteiger partial charge on any atom is 0.240 e. The molecule has 2 aromatic rings. The highest BCUT2D eigenvalue weighted by molar-refractivity contribution is 7.89. The molecule has 1 unspecified atom stereocenters. The number of rotatable bonds is 7. The van der Waals surface area contributed by atoms with E-state index in [0.717, 1.165) is 25.9 Å². The molecular weight excluding hydrogens is 366 g/mol. The van der Waals surface area contributed by atoms with E-state index in [4.69, 9.17) is 4.42 Å². The van der Waals surface area contributed by atoms with E-state index in [9.17, 15) is 13.5 Å². The lowest BCUT2D eigenvalue weighted by Gasteiger charge is -2.29. The van der Waals surface area contributed by atoms with Gasteiger partial charge in [-0.05, 0) is 50.9 Å². The Kier molecular flexibility index (Phi) is 6.31. The SMILES string of the molecule is Cc1ncc(-c2ccc(C)c(S(=O)(=O)NCCCN3CCCC(O)C3)c2)o1. The Hall–Kier alpha value is -1.74. The van der Waals surface area contributed by atoms with Gasteiger partial charge in [0.1, 0.15) is 0 Å². The Morgan fingerprint density at radius 2 is 2.19 bits per heavy atom. The predicted molar refractivity (Wildman–Crippen MR) is 103 cm³/mol. The second-order valence-electron chi connectivity index (χ2n) is 7.07. The summed E-state index contributed by atoms with van der Waals surface area (Å²) in [6.07, 6.45) is 3.87. The smallest absolute Gasteiger partial charge is 0.240 e. The van der Waals surface area contributed by atoms with E-state index in [1.54, 1.807) is 32.2 Å². The van der Waals surface area contributed by atoms with E-state index in [2.05, 4.69) is 14.6 Å². The van der Waals surface area contributed by atoms with E-state index < -0.39 is 10.0 Å². The van der Waals surface area contributed by atoms with Crippen molar-refractivity contribution in [2.45, 2.75) is 44.1 Å². The lowest BCUT2D eigenvalue weighted by atomic mass is 10.1. The van der Waals surface area contributed by atoms with Crippen LogP contribution >= 0.6 is 0 Å². The number of benzene rings is 1. The molecule has 1 aromatic heterocycles. The minimum atomic E-state index is -3.61. The fraction of sp³-hybridized carbons (Fsp3) is 0.526. The summed E-state index contributed by atoms with van der Waals surface area (Å²) in [5, 5.41) is 9.70. The summed E-state index contributed by atoms with van der Waals surface area (Å²) >= 11 is 0. The summed E-state index contributed by atoms with van der Waals surface area (Å²) in [4.78, 5) is 6.50. The average Bonchev–Trinajstić information content (AvgIpc) is 3.05. The number of oxazole rings is 1. The Morgan fingerprint density at radius 1 is 1.37 bits per heavy atom. The van der Waals surface area contributed by atoms with E-state index in [1.165, 1.54) is 0 Å². The van der Waals surface area contributed by atoms with Crippen LogP contribution in [0, 0.1) is 13.8 Å². The third kappa shape index (κ3) is 5.16. The first-order valence-electron chi connectivity index (χ1n) is 9.29. The standard InChI is InChI=1S/C19H27N3O4S/c1-14-6-7-16(18-12-20-15(2)26-18)11-19(14)27(24,25)21-8-4-10-22-9-3-5-17(23)13-22/h6-7,11-12,17,21,23H,3-5,8-10,13H2,1-2H3. The van der Waals surface area contributed by atoms with E-state index in [0.29, 0.717) is 42.3 Å². The molecule has 0 bridgehead atoms. The zero-order chi connectivity index (χ0) is 19.4. The molecule has 7 nitrogen and oxygen atoms in total. The van der Waals surface area contributed by atoms with Crippen LogP contribution in [-0.2, 0) is 10.0 Å². The second-order valence-corrected chi connectivity index (χ2v) is 8.81. The monoisotopic (exact) mass is 393 g/mol. The molecule has 1 aliphatic rings. The van der Waals surface area contributed by atoms with Gasteiger partial charge in [-0.25, -0.2) is 18.1 Å². The average molecular weight is 394 g/mol. The Bertz CT molecular complexity index is 879. The number of nitrogens with one attached hydrogen (secondary N) is 1. The highest BCUT2D eigenvalue weighted by Crippen LogP contribution is 2.25. The number of hydrogen-bond donors (Lipinski definition) is 2. The van der Waals surface area contributed by atoms with E-state index in [1.807, 2.05) is 6.07 Å². The van der Waals surface area contributed by atoms with Gasteiger partial charge < -0.3 is 14.4 Å². The van der Waals surface area contributed by atoms with Crippen molar-refractivity contribution in [3.05, 3.63) is 35.9 Å². The minimum absolute atomic E-state index is 0.252. The van der Waals surface area contributed by atoms with Crippen LogP contribution in [0.5, 0.6) is 0 Å². The third-order valence-electron chi connectivity index (χ3n) is 4.81. The number of nitrogens with zero attached hydrogens (tertiary/aromatic N) is 2. The Balaban J connectivity index is 1.62. The second kappa shape index (κ2) is 8.52. The number of sulfonamides is 1. The van der Waals surface area contributed by atoms with Crippen LogP contribution in [0.3, 0.4) is 0 Å². The Morgan fingerprint density at radius 3 is 2.89 bits per heavy atom. The number of aryl methyl sites for hydroxylation is 2. The van der Waals surface area contributed by atoms with Crippen molar-refractivity contribution in [2.24, 2.45) is 0 Å². The van der Waals surface area contributed by atoms with Crippen molar-refractivity contribution < 1.29 is 17.9 Å². The number of aliphatic hydroxyl groups excluding tert-OH is 1. The topological polar surface area (TPSA) is 95.7 Å². The number of aliphatic hydroxyl groups is 1. The van der Waals surface area contributed by atoms with Gasteiger partial charge >= 0.3 is 0 Å². The maximum absolute atomic E-state index is 12.7. The molecule has 1 aromatic carbocycles. The van der Waals surface area contributed by atoms with Gasteiger partial charge in [-0.1, -0.05) is 12.1 Å². The lowest BCUT2D eigenvalue weighted by Crippen LogP contribution is -2.39. The number of piperidine rings is 1. The molecule has 1 fully saturated rings. The lowest BCUT2D eigenvalue weighted by molar-refractivity contribution is 0.0704. The molecule has 148 valence electrons. The summed E-state index contributed by atoms with van der Waals surface area (Å²) in [7, 11) is -3.61. The van der Waals surface area contributed by atoms with Gasteiger partial charge in [-0.15, -0.1) is 0 Å². The van der Waals surface area contributed by atoms with Gasteiger partial charge in [-0.3, -0.25) is 0 Å². The number of aromatic nitrogens is 1. The molecule has 2 N–H and O–H groups in total. The summed E-state index contributed by atoms with van der Waals surface area (Å²) in [5.41, 5.74) is 1.37. The summed E-state index contributed by atoms with van der Waals surface area (Å²) in [6, 6.07) is 5.23. The molecule has 0 aliphatic carbocycles. The summed E-state index contributed by atoms with van der Waals surface area (Å²) in [6.45, 7) is 6.29. The van der Waals surface area contributed by atoms with E-state index >= 15 is 0 Å². The molecule has 8 heteroatoms. The summed E-state index contributed by atoms with van der Waals surface area (Å²) in [5.74, 6) is 1.09. The van der Waals surface area contributed by atoms with E-state index in [-0.39, 0.29) is 11.0 Å². The maximum atomic E-state index is 12.7. The first-order valence-corrected chi connectivity index (χ1v) is 10.8. The van der Waals surface area contributed by atoms with Crippen molar-refractivity contribution in [1.29, 1.82) is 0 Å². The van der Waals surface area contributed by atoms with Crippen LogP contribution in [0.2, 0.25) is 0 Å². The molecule has 1 aliphatic heterocycles. The van der Waals surface area contributed by atoms with Crippen LogP contribution in [0.15, 0.2) is 33.7 Å². The minimum Gasteiger partial charge on any atom is -0.441 e. The molecule has 27 heavy (non-hydrogen) atoms. The molecular formula is C19H27N3O4S. The molecule has 1 atom stereocenters. The quantitative estimate of drug-likeness (QED) is 0.700. The van der Waals surface area contributed by atoms with Crippen molar-refractivity contribution in [1.82, 2.24) is 14.6 Å². The van der Waals surface area contributed by atoms with Crippen molar-refractivity contribution in [3.63, 3.8) is 0 Å². The highest BCUT2D eigenvalue weighted by atomic mass is 32.2. The first kappa shape index (κ1) is 20.0. The molecule has 0 amide bonds. The molecule has 1 saturated heterocycles. The third-order valence-corrected chi connectivity index (χ3v) is 6.41. The van der Waals surface area contributed by atoms with Crippen molar-refractivity contribution in [2.75, 3.05) is 26.2 Å². The van der Waals surface area contributed by atoms with Gasteiger partial charge in [0, 0.05) is 25.6 Å². The number of hydrogen-bond acceptors (Lipinski definition) is 6. The van der Waals surface area contributed by atoms with Gasteiger partial charge in [0.05, 0.1) is 17.2 Å². The van der Waals surface area contributed by atoms with Gasteiger partial charge in [0.15, 0.2) is 11.7 Å². The van der Waals surface area contributed by atoms with Crippen LogP contribution in [0.4, 0.5) is 0 Å². The number of likely N-dealkylation sites (tertiary alicyclic amines) is 1. The zero-order valence-electron chi connectivity index (χ0n) is 15.8. The molecule has 2 heterocycles. The van der Waals surface area contributed by atoms with Gasteiger partial charge in [0.25, 0.3) is 0 Å². The van der Waals surface area contributed by atoms with Crippen LogP contribution in [0.1, 0.15) is 30.7 Å². The molecule has 0 saturated carbocycles. The fourth-order valence-corrected chi connectivity index (χ4v) is 4.70. The molecule has 0 spiro atoms. The largest absolute Gasteiger partial charge is 0.441 e. The van der Waals surface area contributed by atoms with Crippen molar-refractivity contribution >= 4 is 10.0 Å². The molecule has 3 rings (SSSR count). The van der Waals surface area contributed by atoms with Crippen molar-refractivity contribution in [3.8, 4) is 11.3 Å². The highest BCUT2D eigenvalue weighted by Gasteiger charge is 2.20. The van der Waals surface area contributed by atoms with Crippen LogP contribution < -0.4 is 4.72 Å². The van der Waals surface area contributed by atoms with Crippen LogP contribution in [0.25, 0.3) is 11.3 Å². The van der Waals surface area contributed by atoms with Gasteiger partial charge in [-0.2, -0.15) is 0 Å². The first-order chi connectivity index (χ1) is 12.8. The fourth-order valence-electron chi connectivity index (χ4n) is 3.36. The normalized spacial score (nSPS) is 18.7. The zero-order valence-corrected chi connectivity index (χ0v) is 16.6. The Labute approximate surface area is 160 Å². The molecule has 0 radical (unpaired) electrons. The predicted octanol–water partition coefficient (Wildman–Crippen LogP) is 2.08.